The molecule has 84 valence electrons. The first-order valence-electron chi connectivity index (χ1n) is 5.64. The van der Waals surface area contributed by atoms with E-state index in [4.69, 9.17) is 0 Å². The smallest absolute Gasteiger partial charge is 0.179 e. The quantitative estimate of drug-likeness (QED) is 0.728. The van der Waals surface area contributed by atoms with Gasteiger partial charge in [-0.25, -0.2) is 4.57 Å². The van der Waals surface area contributed by atoms with E-state index < -0.39 is 0 Å². The zero-order valence-corrected chi connectivity index (χ0v) is 10.3. The molecule has 0 bridgehead atoms. The number of aryl methyl sites for hydroxylation is 2. The number of rotatable bonds is 1. The number of nitrogens with zero attached hydrogens (tertiary/aromatic N) is 1. The Hall–Kier alpha value is -1.57. The van der Waals surface area contributed by atoms with E-state index in [-0.39, 0.29) is 0 Å². The average molecular weight is 216 g/mol. The van der Waals surface area contributed by atoms with Crippen molar-refractivity contribution < 1.29 is 9.67 Å². The highest BCUT2D eigenvalue weighted by molar-refractivity contribution is 5.83. The van der Waals surface area contributed by atoms with Crippen molar-refractivity contribution in [2.24, 2.45) is 0 Å². The van der Waals surface area contributed by atoms with Gasteiger partial charge in [0.05, 0.1) is 0 Å². The SMILES string of the molecule is Cc1cc2cc(C)[n+](C(C)C)cc2cc1O. The molecule has 2 nitrogen and oxygen atoms in total. The lowest BCUT2D eigenvalue weighted by Crippen LogP contribution is -2.38. The van der Waals surface area contributed by atoms with Crippen LogP contribution < -0.4 is 4.57 Å². The molecule has 2 aromatic rings. The van der Waals surface area contributed by atoms with Gasteiger partial charge in [0.15, 0.2) is 17.9 Å². The summed E-state index contributed by atoms with van der Waals surface area (Å²) in [5, 5.41) is 12.0. The number of aromatic hydroxyl groups is 1. The summed E-state index contributed by atoms with van der Waals surface area (Å²) in [6, 6.07) is 6.47. The molecular formula is C14H18NO+. The van der Waals surface area contributed by atoms with Crippen molar-refractivity contribution in [2.75, 3.05) is 0 Å². The average Bonchev–Trinajstić information content (AvgIpc) is 2.19. The predicted octanol–water partition coefficient (Wildman–Crippen LogP) is 3.03. The van der Waals surface area contributed by atoms with E-state index in [1.54, 1.807) is 0 Å². The molecule has 0 fully saturated rings. The minimum absolute atomic E-state index is 0.367. The van der Waals surface area contributed by atoms with E-state index in [1.807, 2.05) is 19.1 Å². The van der Waals surface area contributed by atoms with Gasteiger partial charge < -0.3 is 5.11 Å². The zero-order valence-electron chi connectivity index (χ0n) is 10.3. The third-order valence-corrected chi connectivity index (χ3v) is 3.01. The van der Waals surface area contributed by atoms with Gasteiger partial charge in [0.25, 0.3) is 0 Å². The number of hydrogen-bond donors (Lipinski definition) is 1. The molecule has 0 saturated heterocycles. The highest BCUT2D eigenvalue weighted by Crippen LogP contribution is 2.24. The van der Waals surface area contributed by atoms with Crippen LogP contribution in [0.4, 0.5) is 0 Å². The number of phenolic OH excluding ortho intramolecular Hbond substituents is 1. The molecule has 16 heavy (non-hydrogen) atoms. The maximum atomic E-state index is 9.71. The number of benzene rings is 1. The monoisotopic (exact) mass is 216 g/mol. The molecule has 0 aliphatic rings. The van der Waals surface area contributed by atoms with Gasteiger partial charge in [-0.15, -0.1) is 0 Å². The Kier molecular flexibility index (Phi) is 2.58. The molecule has 2 heteroatoms. The Bertz CT molecular complexity index is 544. The van der Waals surface area contributed by atoms with Crippen LogP contribution in [0.1, 0.15) is 31.1 Å². The maximum Gasteiger partial charge on any atom is 0.179 e. The molecule has 2 rings (SSSR count). The van der Waals surface area contributed by atoms with Crippen molar-refractivity contribution in [3.8, 4) is 5.75 Å². The lowest BCUT2D eigenvalue weighted by molar-refractivity contribution is -0.720. The van der Waals surface area contributed by atoms with E-state index in [0.29, 0.717) is 11.8 Å². The standard InChI is InChI=1S/C14H17NO/c1-9(2)15-8-13-7-14(16)10(3)5-12(13)6-11(15)4/h5-9H,1-4H3/p+1. The fourth-order valence-electron chi connectivity index (χ4n) is 2.08. The second-order valence-electron chi connectivity index (χ2n) is 4.68. The Morgan fingerprint density at radius 1 is 1.06 bits per heavy atom. The predicted molar refractivity (Wildman–Crippen MR) is 65.7 cm³/mol. The maximum absolute atomic E-state index is 9.71. The van der Waals surface area contributed by atoms with E-state index in [9.17, 15) is 5.11 Å². The second-order valence-corrected chi connectivity index (χ2v) is 4.68. The Morgan fingerprint density at radius 2 is 1.75 bits per heavy atom. The summed E-state index contributed by atoms with van der Waals surface area (Å²) < 4.78 is 2.22. The molecule has 0 radical (unpaired) electrons. The Balaban J connectivity index is 2.74. The molecule has 0 amide bonds. The van der Waals surface area contributed by atoms with Crippen LogP contribution in [0.25, 0.3) is 10.8 Å². The number of aromatic nitrogens is 1. The lowest BCUT2D eigenvalue weighted by atomic mass is 10.1. The van der Waals surface area contributed by atoms with Crippen LogP contribution in [0.5, 0.6) is 5.75 Å². The topological polar surface area (TPSA) is 24.1 Å². The summed E-state index contributed by atoms with van der Waals surface area (Å²) in [6.45, 7) is 8.36. The van der Waals surface area contributed by atoms with Gasteiger partial charge in [0, 0.05) is 18.4 Å². The molecule has 1 N–H and O–H groups in total. The van der Waals surface area contributed by atoms with Gasteiger partial charge in [-0.2, -0.15) is 0 Å². The van der Waals surface area contributed by atoms with Crippen LogP contribution >= 0.6 is 0 Å². The first kappa shape index (κ1) is 10.9. The normalized spacial score (nSPS) is 11.3. The number of hydrogen-bond acceptors (Lipinski definition) is 1. The van der Waals surface area contributed by atoms with E-state index in [0.717, 1.165) is 10.9 Å². The molecule has 1 aromatic carbocycles. The van der Waals surface area contributed by atoms with E-state index in [1.165, 1.54) is 11.1 Å². The van der Waals surface area contributed by atoms with Crippen LogP contribution in [0.15, 0.2) is 24.4 Å². The van der Waals surface area contributed by atoms with Crippen LogP contribution in [-0.4, -0.2) is 5.11 Å². The van der Waals surface area contributed by atoms with Crippen LogP contribution in [0.2, 0.25) is 0 Å². The molecule has 0 spiro atoms. The summed E-state index contributed by atoms with van der Waals surface area (Å²) in [4.78, 5) is 0. The molecular weight excluding hydrogens is 198 g/mol. The minimum Gasteiger partial charge on any atom is -0.508 e. The summed E-state index contributed by atoms with van der Waals surface area (Å²) in [5.74, 6) is 0.367. The van der Waals surface area contributed by atoms with Crippen molar-refractivity contribution in [1.29, 1.82) is 0 Å². The molecule has 0 unspecified atom stereocenters. The number of pyridine rings is 1. The highest BCUT2D eigenvalue weighted by atomic mass is 16.3. The third kappa shape index (κ3) is 1.75. The number of phenols is 1. The summed E-state index contributed by atoms with van der Waals surface area (Å²) in [5.41, 5.74) is 2.17. The van der Waals surface area contributed by atoms with E-state index >= 15 is 0 Å². The van der Waals surface area contributed by atoms with Gasteiger partial charge in [-0.3, -0.25) is 0 Å². The Morgan fingerprint density at radius 3 is 2.38 bits per heavy atom. The van der Waals surface area contributed by atoms with Gasteiger partial charge in [-0.1, -0.05) is 0 Å². The van der Waals surface area contributed by atoms with Crippen LogP contribution in [0.3, 0.4) is 0 Å². The number of fused-ring (bicyclic) bond motifs is 1. The lowest BCUT2D eigenvalue weighted by Gasteiger charge is -2.07. The molecule has 0 aliphatic carbocycles. The first-order valence-corrected chi connectivity index (χ1v) is 5.64. The van der Waals surface area contributed by atoms with Gasteiger partial charge in [0.2, 0.25) is 0 Å². The van der Waals surface area contributed by atoms with Gasteiger partial charge in [0.1, 0.15) is 5.75 Å². The van der Waals surface area contributed by atoms with Crippen molar-refractivity contribution in [3.05, 3.63) is 35.7 Å². The fraction of sp³-hybridized carbons (Fsp3) is 0.357. The minimum atomic E-state index is 0.367. The Labute approximate surface area is 96.2 Å². The van der Waals surface area contributed by atoms with Crippen LogP contribution in [-0.2, 0) is 0 Å². The fourth-order valence-corrected chi connectivity index (χ4v) is 2.08. The van der Waals surface area contributed by atoms with Crippen molar-refractivity contribution in [1.82, 2.24) is 0 Å². The largest absolute Gasteiger partial charge is 0.508 e. The zero-order chi connectivity index (χ0) is 11.9. The third-order valence-electron chi connectivity index (χ3n) is 3.01. The first-order chi connectivity index (χ1) is 7.49. The molecule has 0 saturated carbocycles. The second kappa shape index (κ2) is 3.78. The molecule has 0 aliphatic heterocycles. The van der Waals surface area contributed by atoms with Gasteiger partial charge in [-0.05, 0) is 43.9 Å². The van der Waals surface area contributed by atoms with Crippen molar-refractivity contribution in [2.45, 2.75) is 33.7 Å². The van der Waals surface area contributed by atoms with Crippen molar-refractivity contribution in [3.63, 3.8) is 0 Å². The summed E-state index contributed by atoms with van der Waals surface area (Å²) in [6.07, 6.45) is 2.11. The van der Waals surface area contributed by atoms with E-state index in [2.05, 4.69) is 37.6 Å². The molecule has 0 atom stereocenters. The van der Waals surface area contributed by atoms with Crippen molar-refractivity contribution >= 4 is 10.8 Å². The highest BCUT2D eigenvalue weighted by Gasteiger charge is 2.13. The van der Waals surface area contributed by atoms with Crippen LogP contribution in [0, 0.1) is 13.8 Å². The van der Waals surface area contributed by atoms with Gasteiger partial charge >= 0.3 is 0 Å². The molecule has 1 heterocycles. The summed E-state index contributed by atoms with van der Waals surface area (Å²) >= 11 is 0. The summed E-state index contributed by atoms with van der Waals surface area (Å²) in [7, 11) is 0. The molecule has 1 aromatic heterocycles.